The number of benzene rings is 1. The minimum atomic E-state index is -0.197. The summed E-state index contributed by atoms with van der Waals surface area (Å²) < 4.78 is 9.71. The highest BCUT2D eigenvalue weighted by molar-refractivity contribution is 5.79. The summed E-state index contributed by atoms with van der Waals surface area (Å²) in [4.78, 5) is 22.7. The molecule has 110 valence electrons. The standard InChI is InChI=1S/C14H20N2O4/c1-19-10-14(18)16-8-7-15-13(17)9-11-3-5-12(20-2)6-4-11/h3-6H,7-10H2,1-2H3,(H,15,17)(H,16,18). The average Bonchev–Trinajstić information content (AvgIpc) is 2.45. The number of amides is 2. The van der Waals surface area contributed by atoms with Gasteiger partial charge in [0.2, 0.25) is 11.8 Å². The monoisotopic (exact) mass is 280 g/mol. The number of hydrogen-bond acceptors (Lipinski definition) is 4. The molecular formula is C14H20N2O4. The van der Waals surface area contributed by atoms with Gasteiger partial charge in [0.15, 0.2) is 0 Å². The lowest BCUT2D eigenvalue weighted by Gasteiger charge is -2.07. The van der Waals surface area contributed by atoms with Crippen LogP contribution in [0, 0.1) is 0 Å². The van der Waals surface area contributed by atoms with E-state index < -0.39 is 0 Å². The van der Waals surface area contributed by atoms with Crippen molar-refractivity contribution in [2.75, 3.05) is 33.9 Å². The van der Waals surface area contributed by atoms with Gasteiger partial charge in [-0.1, -0.05) is 12.1 Å². The van der Waals surface area contributed by atoms with Crippen molar-refractivity contribution in [1.82, 2.24) is 10.6 Å². The van der Waals surface area contributed by atoms with E-state index >= 15 is 0 Å². The van der Waals surface area contributed by atoms with Crippen molar-refractivity contribution in [3.8, 4) is 5.75 Å². The Bertz CT molecular complexity index is 431. The highest BCUT2D eigenvalue weighted by atomic mass is 16.5. The third kappa shape index (κ3) is 6.19. The number of hydrogen-bond donors (Lipinski definition) is 2. The lowest BCUT2D eigenvalue weighted by atomic mass is 10.1. The minimum Gasteiger partial charge on any atom is -0.497 e. The van der Waals surface area contributed by atoms with E-state index in [1.54, 1.807) is 7.11 Å². The fraction of sp³-hybridized carbons (Fsp3) is 0.429. The number of rotatable bonds is 8. The largest absolute Gasteiger partial charge is 0.497 e. The fourth-order valence-corrected chi connectivity index (χ4v) is 1.58. The van der Waals surface area contributed by atoms with Crippen LogP contribution in [0.2, 0.25) is 0 Å². The molecule has 0 fully saturated rings. The summed E-state index contributed by atoms with van der Waals surface area (Å²) in [5.74, 6) is 0.475. The molecule has 20 heavy (non-hydrogen) atoms. The summed E-state index contributed by atoms with van der Waals surface area (Å²) in [6, 6.07) is 7.32. The van der Waals surface area contributed by atoms with E-state index in [2.05, 4.69) is 15.4 Å². The van der Waals surface area contributed by atoms with Crippen LogP contribution >= 0.6 is 0 Å². The van der Waals surface area contributed by atoms with E-state index in [1.807, 2.05) is 24.3 Å². The van der Waals surface area contributed by atoms with Gasteiger partial charge in [0, 0.05) is 20.2 Å². The maximum atomic E-state index is 11.7. The molecule has 0 saturated carbocycles. The summed E-state index contributed by atoms with van der Waals surface area (Å²) in [6.07, 6.45) is 0.302. The first-order chi connectivity index (χ1) is 9.65. The molecule has 1 rings (SSSR count). The predicted molar refractivity (Wildman–Crippen MR) is 74.6 cm³/mol. The molecular weight excluding hydrogens is 260 g/mol. The van der Waals surface area contributed by atoms with Crippen LogP contribution in [0.5, 0.6) is 5.75 Å². The van der Waals surface area contributed by atoms with E-state index in [9.17, 15) is 9.59 Å². The topological polar surface area (TPSA) is 76.7 Å². The van der Waals surface area contributed by atoms with E-state index in [4.69, 9.17) is 4.74 Å². The van der Waals surface area contributed by atoms with Crippen LogP contribution in [0.25, 0.3) is 0 Å². The van der Waals surface area contributed by atoms with Crippen molar-refractivity contribution in [1.29, 1.82) is 0 Å². The van der Waals surface area contributed by atoms with Gasteiger partial charge in [-0.05, 0) is 17.7 Å². The molecule has 0 bridgehead atoms. The van der Waals surface area contributed by atoms with Crippen LogP contribution in [-0.2, 0) is 20.7 Å². The molecule has 0 heterocycles. The Balaban J connectivity index is 2.21. The van der Waals surface area contributed by atoms with Crippen molar-refractivity contribution >= 4 is 11.8 Å². The summed E-state index contributed by atoms with van der Waals surface area (Å²) in [6.45, 7) is 0.806. The van der Waals surface area contributed by atoms with Crippen LogP contribution in [0.1, 0.15) is 5.56 Å². The second-order valence-corrected chi connectivity index (χ2v) is 4.16. The Morgan fingerprint density at radius 3 is 2.15 bits per heavy atom. The third-order valence-electron chi connectivity index (χ3n) is 2.57. The van der Waals surface area contributed by atoms with Gasteiger partial charge < -0.3 is 20.1 Å². The average molecular weight is 280 g/mol. The second-order valence-electron chi connectivity index (χ2n) is 4.16. The molecule has 0 atom stereocenters. The number of carbonyl (C=O) groups excluding carboxylic acids is 2. The Kier molecular flexibility index (Phi) is 7.13. The van der Waals surface area contributed by atoms with Crippen molar-refractivity contribution in [2.24, 2.45) is 0 Å². The number of nitrogens with one attached hydrogen (secondary N) is 2. The first-order valence-corrected chi connectivity index (χ1v) is 6.31. The Labute approximate surface area is 118 Å². The molecule has 0 aliphatic heterocycles. The summed E-state index contributed by atoms with van der Waals surface area (Å²) in [7, 11) is 3.05. The first kappa shape index (κ1) is 16.0. The zero-order valence-corrected chi connectivity index (χ0v) is 11.8. The Morgan fingerprint density at radius 1 is 1.00 bits per heavy atom. The Hall–Kier alpha value is -2.08. The highest BCUT2D eigenvalue weighted by Gasteiger charge is 2.04. The van der Waals surface area contributed by atoms with Crippen LogP contribution < -0.4 is 15.4 Å². The maximum Gasteiger partial charge on any atom is 0.246 e. The molecule has 0 aromatic heterocycles. The van der Waals surface area contributed by atoms with Gasteiger partial charge in [-0.3, -0.25) is 9.59 Å². The van der Waals surface area contributed by atoms with Gasteiger partial charge in [0.1, 0.15) is 12.4 Å². The second kappa shape index (κ2) is 8.92. The van der Waals surface area contributed by atoms with Gasteiger partial charge in [-0.15, -0.1) is 0 Å². The van der Waals surface area contributed by atoms with Gasteiger partial charge in [0.05, 0.1) is 13.5 Å². The van der Waals surface area contributed by atoms with Crippen LogP contribution in [-0.4, -0.2) is 45.7 Å². The molecule has 2 N–H and O–H groups in total. The van der Waals surface area contributed by atoms with Crippen LogP contribution in [0.3, 0.4) is 0 Å². The van der Waals surface area contributed by atoms with Crippen molar-refractivity contribution in [2.45, 2.75) is 6.42 Å². The summed E-state index contributed by atoms with van der Waals surface area (Å²) in [5, 5.41) is 5.35. The van der Waals surface area contributed by atoms with E-state index in [1.165, 1.54) is 7.11 Å². The molecule has 0 unspecified atom stereocenters. The van der Waals surface area contributed by atoms with Crippen molar-refractivity contribution < 1.29 is 19.1 Å². The normalized spacial score (nSPS) is 9.90. The molecule has 0 aliphatic rings. The third-order valence-corrected chi connectivity index (χ3v) is 2.57. The zero-order chi connectivity index (χ0) is 14.8. The van der Waals surface area contributed by atoms with E-state index in [-0.39, 0.29) is 18.4 Å². The molecule has 1 aromatic carbocycles. The lowest BCUT2D eigenvalue weighted by molar-refractivity contribution is -0.125. The zero-order valence-electron chi connectivity index (χ0n) is 11.8. The Morgan fingerprint density at radius 2 is 1.60 bits per heavy atom. The molecule has 0 saturated heterocycles. The molecule has 0 radical (unpaired) electrons. The number of methoxy groups -OCH3 is 2. The molecule has 6 heteroatoms. The summed E-state index contributed by atoms with van der Waals surface area (Å²) in [5.41, 5.74) is 0.909. The molecule has 0 aliphatic carbocycles. The lowest BCUT2D eigenvalue weighted by Crippen LogP contribution is -2.36. The maximum absolute atomic E-state index is 11.7. The SMILES string of the molecule is COCC(=O)NCCNC(=O)Cc1ccc(OC)cc1. The first-order valence-electron chi connectivity index (χ1n) is 6.31. The number of ether oxygens (including phenoxy) is 2. The molecule has 1 aromatic rings. The smallest absolute Gasteiger partial charge is 0.246 e. The van der Waals surface area contributed by atoms with Gasteiger partial charge in [0.25, 0.3) is 0 Å². The van der Waals surface area contributed by atoms with Crippen LogP contribution in [0.15, 0.2) is 24.3 Å². The fourth-order valence-electron chi connectivity index (χ4n) is 1.58. The van der Waals surface area contributed by atoms with E-state index in [0.717, 1.165) is 11.3 Å². The van der Waals surface area contributed by atoms with Gasteiger partial charge in [-0.25, -0.2) is 0 Å². The predicted octanol–water partition coefficient (Wildman–Crippen LogP) is 0.117. The minimum absolute atomic E-state index is 0.0276. The van der Waals surface area contributed by atoms with Crippen LogP contribution in [0.4, 0.5) is 0 Å². The number of carbonyl (C=O) groups is 2. The van der Waals surface area contributed by atoms with Crippen molar-refractivity contribution in [3.63, 3.8) is 0 Å². The molecule has 2 amide bonds. The van der Waals surface area contributed by atoms with E-state index in [0.29, 0.717) is 19.5 Å². The highest BCUT2D eigenvalue weighted by Crippen LogP contribution is 2.11. The van der Waals surface area contributed by atoms with Gasteiger partial charge in [-0.2, -0.15) is 0 Å². The van der Waals surface area contributed by atoms with Crippen molar-refractivity contribution in [3.05, 3.63) is 29.8 Å². The van der Waals surface area contributed by atoms with Gasteiger partial charge >= 0.3 is 0 Å². The molecule has 6 nitrogen and oxygen atoms in total. The summed E-state index contributed by atoms with van der Waals surface area (Å²) >= 11 is 0. The quantitative estimate of drug-likeness (QED) is 0.663. The molecule has 0 spiro atoms.